The molecule has 2 amide bonds. The Balaban J connectivity index is 2.38. The van der Waals surface area contributed by atoms with Gasteiger partial charge in [-0.15, -0.1) is 0 Å². The van der Waals surface area contributed by atoms with Crippen molar-refractivity contribution in [3.05, 3.63) is 0 Å². The average molecular weight is 255 g/mol. The summed E-state index contributed by atoms with van der Waals surface area (Å²) in [7, 11) is 5.54. The molecule has 0 unspecified atom stereocenters. The molecule has 0 atom stereocenters. The van der Waals surface area contributed by atoms with E-state index in [4.69, 9.17) is 0 Å². The van der Waals surface area contributed by atoms with Crippen LogP contribution in [0.2, 0.25) is 0 Å². The maximum Gasteiger partial charge on any atom is 0.236 e. The van der Waals surface area contributed by atoms with Gasteiger partial charge in [0.1, 0.15) is 0 Å². The number of likely N-dealkylation sites (N-methyl/N-ethyl adjacent to an activating group) is 2. The molecule has 0 aromatic carbocycles. The van der Waals surface area contributed by atoms with Crippen LogP contribution in [0.25, 0.3) is 0 Å². The van der Waals surface area contributed by atoms with Crippen molar-refractivity contribution in [1.29, 1.82) is 0 Å². The number of amides is 2. The molecule has 18 heavy (non-hydrogen) atoms. The van der Waals surface area contributed by atoms with Crippen molar-refractivity contribution in [2.24, 2.45) is 0 Å². The second kappa shape index (κ2) is 6.73. The Hall–Kier alpha value is -1.10. The molecule has 1 rings (SSSR count). The fourth-order valence-electron chi connectivity index (χ4n) is 2.26. The summed E-state index contributed by atoms with van der Waals surface area (Å²) in [6.07, 6.45) is 2.51. The molecule has 5 nitrogen and oxygen atoms in total. The number of carbonyl (C=O) groups excluding carboxylic acids is 2. The number of hydrogen-bond acceptors (Lipinski definition) is 3. The summed E-state index contributed by atoms with van der Waals surface area (Å²) < 4.78 is 0. The van der Waals surface area contributed by atoms with Crippen molar-refractivity contribution < 1.29 is 9.59 Å². The van der Waals surface area contributed by atoms with Gasteiger partial charge in [-0.05, 0) is 19.9 Å². The summed E-state index contributed by atoms with van der Waals surface area (Å²) in [6, 6.07) is 0.412. The monoisotopic (exact) mass is 255 g/mol. The maximum atomic E-state index is 11.6. The summed E-state index contributed by atoms with van der Waals surface area (Å²) in [5.74, 6) is 0.366. The zero-order valence-electron chi connectivity index (χ0n) is 12.0. The zero-order chi connectivity index (χ0) is 13.7. The first-order chi connectivity index (χ1) is 8.45. The predicted molar refractivity (Wildman–Crippen MR) is 71.2 cm³/mol. The summed E-state index contributed by atoms with van der Waals surface area (Å²) >= 11 is 0. The van der Waals surface area contributed by atoms with Crippen LogP contribution in [0, 0.1) is 0 Å². The van der Waals surface area contributed by atoms with E-state index in [1.165, 1.54) is 0 Å². The van der Waals surface area contributed by atoms with E-state index in [0.717, 1.165) is 25.9 Å². The minimum absolute atomic E-state index is 0.129. The van der Waals surface area contributed by atoms with Crippen LogP contribution < -0.4 is 0 Å². The Labute approximate surface area is 110 Å². The first-order valence-corrected chi connectivity index (χ1v) is 6.63. The van der Waals surface area contributed by atoms with Crippen molar-refractivity contribution in [1.82, 2.24) is 14.7 Å². The van der Waals surface area contributed by atoms with Crippen molar-refractivity contribution in [3.8, 4) is 0 Å². The van der Waals surface area contributed by atoms with Gasteiger partial charge in [0.25, 0.3) is 0 Å². The molecule has 1 saturated heterocycles. The van der Waals surface area contributed by atoms with Crippen LogP contribution in [0.1, 0.15) is 26.2 Å². The molecular weight excluding hydrogens is 230 g/mol. The highest BCUT2D eigenvalue weighted by atomic mass is 16.2. The lowest BCUT2D eigenvalue weighted by molar-refractivity contribution is -0.134. The Bertz CT molecular complexity index is 297. The number of rotatable bonds is 4. The standard InChI is InChI=1S/C13H25N3O2/c1-5-12(17)16-8-6-11(7-9-16)15(4)10-13(18)14(2)3/h11H,5-10H2,1-4H3. The quantitative estimate of drug-likeness (QED) is 0.731. The molecule has 0 aromatic heterocycles. The van der Waals surface area contributed by atoms with Gasteiger partial charge in [-0.3, -0.25) is 14.5 Å². The van der Waals surface area contributed by atoms with E-state index >= 15 is 0 Å². The third-order valence-corrected chi connectivity index (χ3v) is 3.63. The molecule has 1 aliphatic heterocycles. The van der Waals surface area contributed by atoms with E-state index in [-0.39, 0.29) is 11.8 Å². The summed E-state index contributed by atoms with van der Waals surface area (Å²) in [4.78, 5) is 28.8. The molecule has 0 radical (unpaired) electrons. The van der Waals surface area contributed by atoms with Crippen LogP contribution in [-0.2, 0) is 9.59 Å². The largest absolute Gasteiger partial charge is 0.348 e. The Morgan fingerprint density at radius 2 is 1.72 bits per heavy atom. The lowest BCUT2D eigenvalue weighted by atomic mass is 10.0. The maximum absolute atomic E-state index is 11.6. The number of likely N-dealkylation sites (tertiary alicyclic amines) is 1. The molecule has 0 aromatic rings. The summed E-state index contributed by atoms with van der Waals surface area (Å²) in [5.41, 5.74) is 0. The highest BCUT2D eigenvalue weighted by Gasteiger charge is 2.25. The highest BCUT2D eigenvalue weighted by molar-refractivity contribution is 5.77. The number of piperidine rings is 1. The summed E-state index contributed by atoms with van der Waals surface area (Å²) in [6.45, 7) is 3.99. The van der Waals surface area contributed by atoms with E-state index in [0.29, 0.717) is 19.0 Å². The van der Waals surface area contributed by atoms with E-state index in [9.17, 15) is 9.59 Å². The molecule has 104 valence electrons. The molecule has 1 fully saturated rings. The van der Waals surface area contributed by atoms with Gasteiger partial charge in [0.15, 0.2) is 0 Å². The van der Waals surface area contributed by atoms with Gasteiger partial charge in [-0.25, -0.2) is 0 Å². The molecule has 0 aliphatic carbocycles. The van der Waals surface area contributed by atoms with Crippen molar-refractivity contribution in [3.63, 3.8) is 0 Å². The Kier molecular flexibility index (Phi) is 5.59. The van der Waals surface area contributed by atoms with Gasteiger partial charge in [-0.2, -0.15) is 0 Å². The Morgan fingerprint density at radius 1 is 1.17 bits per heavy atom. The van der Waals surface area contributed by atoms with Crippen molar-refractivity contribution >= 4 is 11.8 Å². The van der Waals surface area contributed by atoms with Gasteiger partial charge >= 0.3 is 0 Å². The first kappa shape index (κ1) is 15.0. The SMILES string of the molecule is CCC(=O)N1CCC(N(C)CC(=O)N(C)C)CC1. The van der Waals surface area contributed by atoms with Crippen LogP contribution >= 0.6 is 0 Å². The van der Waals surface area contributed by atoms with Gasteiger partial charge < -0.3 is 9.80 Å². The summed E-state index contributed by atoms with van der Waals surface area (Å²) in [5, 5.41) is 0. The first-order valence-electron chi connectivity index (χ1n) is 6.63. The normalized spacial score (nSPS) is 17.1. The fourth-order valence-corrected chi connectivity index (χ4v) is 2.26. The van der Waals surface area contributed by atoms with Gasteiger partial charge in [-0.1, -0.05) is 6.92 Å². The van der Waals surface area contributed by atoms with E-state index < -0.39 is 0 Å². The van der Waals surface area contributed by atoms with Gasteiger partial charge in [0.2, 0.25) is 11.8 Å². The predicted octanol–water partition coefficient (Wildman–Crippen LogP) is 0.407. The van der Waals surface area contributed by atoms with Crippen molar-refractivity contribution in [2.45, 2.75) is 32.2 Å². The zero-order valence-corrected chi connectivity index (χ0v) is 12.0. The second-order valence-electron chi connectivity index (χ2n) is 5.17. The molecular formula is C13H25N3O2. The van der Waals surface area contributed by atoms with Crippen LogP contribution in [0.5, 0.6) is 0 Å². The number of nitrogens with zero attached hydrogens (tertiary/aromatic N) is 3. The van der Waals surface area contributed by atoms with E-state index in [1.807, 2.05) is 18.9 Å². The fraction of sp³-hybridized carbons (Fsp3) is 0.846. The molecule has 1 heterocycles. The minimum atomic E-state index is 0.129. The molecule has 0 bridgehead atoms. The lowest BCUT2D eigenvalue weighted by Crippen LogP contribution is -2.47. The van der Waals surface area contributed by atoms with Gasteiger partial charge in [0.05, 0.1) is 6.54 Å². The number of carbonyl (C=O) groups is 2. The average Bonchev–Trinajstić information content (AvgIpc) is 2.37. The molecule has 0 N–H and O–H groups in total. The van der Waals surface area contributed by atoms with Gasteiger partial charge in [0, 0.05) is 39.6 Å². The van der Waals surface area contributed by atoms with Crippen LogP contribution in [0.15, 0.2) is 0 Å². The van der Waals surface area contributed by atoms with Crippen LogP contribution in [0.4, 0.5) is 0 Å². The van der Waals surface area contributed by atoms with Crippen LogP contribution in [0.3, 0.4) is 0 Å². The lowest BCUT2D eigenvalue weighted by Gasteiger charge is -2.36. The minimum Gasteiger partial charge on any atom is -0.348 e. The number of hydrogen-bond donors (Lipinski definition) is 0. The topological polar surface area (TPSA) is 43.9 Å². The van der Waals surface area contributed by atoms with E-state index in [1.54, 1.807) is 19.0 Å². The third-order valence-electron chi connectivity index (χ3n) is 3.63. The molecule has 5 heteroatoms. The third kappa shape index (κ3) is 3.98. The van der Waals surface area contributed by atoms with E-state index in [2.05, 4.69) is 4.90 Å². The highest BCUT2D eigenvalue weighted by Crippen LogP contribution is 2.16. The second-order valence-corrected chi connectivity index (χ2v) is 5.17. The molecule has 0 saturated carbocycles. The molecule has 1 aliphatic rings. The smallest absolute Gasteiger partial charge is 0.236 e. The Morgan fingerprint density at radius 3 is 2.17 bits per heavy atom. The molecule has 0 spiro atoms. The van der Waals surface area contributed by atoms with Crippen LogP contribution in [-0.4, -0.2) is 73.3 Å². The van der Waals surface area contributed by atoms with Crippen molar-refractivity contribution in [2.75, 3.05) is 40.8 Å².